The molecule has 0 saturated heterocycles. The fourth-order valence-electron chi connectivity index (χ4n) is 0.600. The maximum atomic E-state index is 9.29. The van der Waals surface area contributed by atoms with Gasteiger partial charge in [-0.1, -0.05) is 0 Å². The van der Waals surface area contributed by atoms with Gasteiger partial charge in [0.05, 0.1) is 98.2 Å². The molecule has 14 N–H and O–H groups in total. The van der Waals surface area contributed by atoms with Gasteiger partial charge in [0.2, 0.25) is 0 Å². The van der Waals surface area contributed by atoms with Crippen LogP contribution in [-0.2, 0) is 28.8 Å². The fourth-order valence-corrected chi connectivity index (χ4v) is 0.600. The van der Waals surface area contributed by atoms with Gasteiger partial charge >= 0.3 is 35.8 Å². The minimum absolute atomic E-state index is 0.0833. The summed E-state index contributed by atoms with van der Waals surface area (Å²) in [5, 5.41) is 114. The van der Waals surface area contributed by atoms with Crippen LogP contribution in [0.3, 0.4) is 0 Å². The van der Waals surface area contributed by atoms with Gasteiger partial charge in [-0.25, -0.2) is 0 Å². The van der Waals surface area contributed by atoms with Crippen LogP contribution >= 0.6 is 75.8 Å². The number of hydrogen-bond donors (Lipinski definition) is 20. The summed E-state index contributed by atoms with van der Waals surface area (Å²) in [4.78, 5) is 55.7. The Morgan fingerprint density at radius 1 is 0.292 bits per heavy atom. The van der Waals surface area contributed by atoms with Gasteiger partial charge in [0.25, 0.3) is 0 Å². The Kier molecular flexibility index (Phi) is 67.7. The van der Waals surface area contributed by atoms with Gasteiger partial charge in [0.15, 0.2) is 0 Å². The number of aliphatic carboxylic acids is 6. The summed E-state index contributed by atoms with van der Waals surface area (Å²) in [5.74, 6) is -5.79. The van der Waals surface area contributed by atoms with Crippen LogP contribution < -0.4 is 0 Å². The van der Waals surface area contributed by atoms with Crippen molar-refractivity contribution in [3.8, 4) is 0 Å². The van der Waals surface area contributed by atoms with Crippen LogP contribution in [0.4, 0.5) is 0 Å². The van der Waals surface area contributed by atoms with E-state index in [1.54, 1.807) is 0 Å². The third kappa shape index (κ3) is 70.8. The van der Waals surface area contributed by atoms with Crippen LogP contribution in [0.5, 0.6) is 0 Å². The van der Waals surface area contributed by atoms with E-state index >= 15 is 0 Å². The minimum Gasteiger partial charge on any atom is -0.481 e. The molecule has 0 saturated carbocycles. The van der Waals surface area contributed by atoms with Crippen LogP contribution in [0.15, 0.2) is 0 Å². The van der Waals surface area contributed by atoms with E-state index in [2.05, 4.69) is 75.8 Å². The molecule has 0 aliphatic carbocycles. The van der Waals surface area contributed by atoms with Gasteiger partial charge in [-0.3, -0.25) is 28.8 Å². The summed E-state index contributed by atoms with van der Waals surface area (Å²) >= 11 is 20.5. The molecule has 0 atom stereocenters. The monoisotopic (exact) mass is 824 g/mol. The quantitative estimate of drug-likeness (QED) is 0.0740. The molecule has 0 aliphatic heterocycles. The van der Waals surface area contributed by atoms with E-state index in [0.717, 1.165) is 0 Å². The average molecular weight is 825 g/mol. The van der Waals surface area contributed by atoms with Crippen LogP contribution in [0, 0.1) is 10.8 Å². The first-order valence-electron chi connectivity index (χ1n) is 11.9. The summed E-state index contributed by atoms with van der Waals surface area (Å²) < 4.78 is 0. The minimum atomic E-state index is -1.11. The van der Waals surface area contributed by atoms with Crippen LogP contribution in [0.2, 0.25) is 0 Å². The van der Waals surface area contributed by atoms with Crippen molar-refractivity contribution in [1.82, 2.24) is 0 Å². The third-order valence-electron chi connectivity index (χ3n) is 3.49. The van der Waals surface area contributed by atoms with Crippen molar-refractivity contribution in [2.75, 3.05) is 87.4 Å². The molecule has 48 heavy (non-hydrogen) atoms. The fraction of sp³-hybridized carbons (Fsp3) is 0.727. The average Bonchev–Trinajstić information content (AvgIpc) is 3.09. The highest BCUT2D eigenvalue weighted by molar-refractivity contribution is 7.81. The maximum Gasteiger partial charge on any atom is 0.313 e. The third-order valence-corrected chi connectivity index (χ3v) is 5.12. The Bertz CT molecular complexity index is 607. The normalized spacial score (nSPS) is 9.12. The first kappa shape index (κ1) is 65.0. The van der Waals surface area contributed by atoms with E-state index in [9.17, 15) is 28.8 Å². The molecule has 0 aromatic rings. The lowest BCUT2D eigenvalue weighted by Crippen LogP contribution is -2.37. The van der Waals surface area contributed by atoms with Crippen molar-refractivity contribution in [2.24, 2.45) is 10.8 Å². The van der Waals surface area contributed by atoms with Crippen molar-refractivity contribution in [3.63, 3.8) is 0 Å². The summed E-state index contributed by atoms with van der Waals surface area (Å²) in [6.07, 6.45) is 0. The zero-order chi connectivity index (χ0) is 40.4. The Balaban J connectivity index is -0.0000000646. The Hall–Kier alpha value is -1.40. The van der Waals surface area contributed by atoms with Crippen molar-refractivity contribution < 1.29 is 100 Å². The lowest BCUT2D eigenvalue weighted by molar-refractivity contribution is -0.134. The molecule has 26 heteroatoms. The second-order valence-corrected chi connectivity index (χ2v) is 9.47. The van der Waals surface area contributed by atoms with Crippen LogP contribution in [0.25, 0.3) is 0 Å². The molecule has 0 radical (unpaired) electrons. The SMILES string of the molecule is O=C(O)CS.O=C(O)CS.O=C(O)CS.O=C(O)CS.O=C(O)CS.O=C(O)CS.OCC(CO)(CO)CO.OCC(CO)(CO)CO. The molecule has 0 aromatic carbocycles. The molecule has 0 rings (SSSR count). The molecule has 0 spiro atoms. The highest BCUT2D eigenvalue weighted by atomic mass is 32.1. The van der Waals surface area contributed by atoms with Gasteiger partial charge in [-0.15, -0.1) is 0 Å². The number of aliphatic hydroxyl groups excluding tert-OH is 8. The second kappa shape index (κ2) is 50.0. The van der Waals surface area contributed by atoms with Crippen molar-refractivity contribution in [2.45, 2.75) is 0 Å². The van der Waals surface area contributed by atoms with E-state index in [1.165, 1.54) is 0 Å². The van der Waals surface area contributed by atoms with E-state index in [-0.39, 0.29) is 34.5 Å². The van der Waals surface area contributed by atoms with Crippen molar-refractivity contribution >= 4 is 112 Å². The van der Waals surface area contributed by atoms with E-state index in [0.29, 0.717) is 0 Å². The standard InChI is InChI=1S/2C5H12O4.6C2H4O2S/c2*6-1-5(2-7,3-8)4-9;6*3-2(4)1-5/h2*6-9H,1-4H2;6*5H,1H2,(H,3,4). The lowest BCUT2D eigenvalue weighted by atomic mass is 9.93. The Morgan fingerprint density at radius 2 is 0.354 bits per heavy atom. The number of carbonyl (C=O) groups is 6. The maximum absolute atomic E-state index is 9.29. The first-order valence-corrected chi connectivity index (χ1v) is 15.7. The highest BCUT2D eigenvalue weighted by Crippen LogP contribution is 2.12. The number of carboxylic acid groups (broad SMARTS) is 6. The number of thiol groups is 6. The molecule has 292 valence electrons. The second-order valence-electron chi connectivity index (χ2n) is 7.58. The predicted molar refractivity (Wildman–Crippen MR) is 190 cm³/mol. The van der Waals surface area contributed by atoms with Gasteiger partial charge < -0.3 is 71.5 Å². The molecule has 0 unspecified atom stereocenters. The predicted octanol–water partition coefficient (Wildman–Crippen LogP) is -4.11. The van der Waals surface area contributed by atoms with Crippen LogP contribution in [-0.4, -0.2) is 195 Å². The summed E-state index contributed by atoms with van der Waals surface area (Å²) in [6.45, 7) is -3.25. The van der Waals surface area contributed by atoms with E-state index < -0.39 is 99.5 Å². The van der Waals surface area contributed by atoms with E-state index in [1.807, 2.05) is 0 Å². The van der Waals surface area contributed by atoms with Crippen molar-refractivity contribution in [1.29, 1.82) is 0 Å². The Labute approximate surface area is 308 Å². The molecular weight excluding hydrogens is 777 g/mol. The Morgan fingerprint density at radius 3 is 0.354 bits per heavy atom. The zero-order valence-electron chi connectivity index (χ0n) is 25.3. The zero-order valence-corrected chi connectivity index (χ0v) is 30.7. The topological polar surface area (TPSA) is 386 Å². The number of hydrogen-bond acceptors (Lipinski definition) is 20. The van der Waals surface area contributed by atoms with Crippen molar-refractivity contribution in [3.05, 3.63) is 0 Å². The molecular formula is C22H48O20S6. The summed E-state index contributed by atoms with van der Waals surface area (Å²) in [5.41, 5.74) is -2.22. The van der Waals surface area contributed by atoms with E-state index in [4.69, 9.17) is 71.5 Å². The number of carboxylic acids is 6. The first-order chi connectivity index (χ1) is 22.1. The number of rotatable bonds is 14. The largest absolute Gasteiger partial charge is 0.481 e. The smallest absolute Gasteiger partial charge is 0.313 e. The molecule has 0 fully saturated rings. The molecule has 0 bridgehead atoms. The molecule has 20 nitrogen and oxygen atoms in total. The summed E-state index contributed by atoms with van der Waals surface area (Å²) in [7, 11) is 0. The lowest BCUT2D eigenvalue weighted by Gasteiger charge is -2.23. The highest BCUT2D eigenvalue weighted by Gasteiger charge is 2.27. The number of aliphatic hydroxyl groups is 8. The van der Waals surface area contributed by atoms with Gasteiger partial charge in [-0.05, 0) is 0 Å². The molecule has 0 heterocycles. The summed E-state index contributed by atoms with van der Waals surface area (Å²) in [6, 6.07) is 0. The van der Waals surface area contributed by atoms with Gasteiger partial charge in [0.1, 0.15) is 0 Å². The van der Waals surface area contributed by atoms with Crippen LogP contribution in [0.1, 0.15) is 0 Å². The van der Waals surface area contributed by atoms with Gasteiger partial charge in [0, 0.05) is 0 Å². The molecule has 0 aromatic heterocycles. The van der Waals surface area contributed by atoms with Gasteiger partial charge in [-0.2, -0.15) is 75.8 Å². The molecule has 0 amide bonds. The molecule has 0 aliphatic rings.